The first-order valence-electron chi connectivity index (χ1n) is 7.02. The smallest absolute Gasteiger partial charge is 0.111 e. The second-order valence-corrected chi connectivity index (χ2v) is 7.02. The predicted octanol–water partition coefficient (Wildman–Crippen LogP) is 3.50. The van der Waals surface area contributed by atoms with Gasteiger partial charge in [-0.25, -0.2) is 0 Å². The Morgan fingerprint density at radius 3 is 2.89 bits per heavy atom. The van der Waals surface area contributed by atoms with Gasteiger partial charge in [-0.15, -0.1) is 11.3 Å². The number of piperidine rings is 1. The van der Waals surface area contributed by atoms with E-state index in [0.29, 0.717) is 5.92 Å². The highest BCUT2D eigenvalue weighted by atomic mass is 32.1. The van der Waals surface area contributed by atoms with Crippen LogP contribution in [0.2, 0.25) is 0 Å². The van der Waals surface area contributed by atoms with Crippen molar-refractivity contribution in [3.8, 4) is 0 Å². The maximum atomic E-state index is 11.0. The van der Waals surface area contributed by atoms with E-state index < -0.39 is 5.60 Å². The molecule has 1 aliphatic heterocycles. The van der Waals surface area contributed by atoms with Gasteiger partial charge in [-0.05, 0) is 49.7 Å². The van der Waals surface area contributed by atoms with Gasteiger partial charge in [-0.2, -0.15) is 0 Å². The molecule has 2 nitrogen and oxygen atoms in total. The summed E-state index contributed by atoms with van der Waals surface area (Å²) < 4.78 is 1.25. The molecule has 0 radical (unpaired) electrons. The topological polar surface area (TPSA) is 32.3 Å². The maximum Gasteiger partial charge on any atom is 0.111 e. The van der Waals surface area contributed by atoms with Crippen LogP contribution in [0.5, 0.6) is 0 Å². The first-order valence-corrected chi connectivity index (χ1v) is 7.84. The minimum absolute atomic E-state index is 0.157. The Kier molecular flexibility index (Phi) is 3.37. The molecule has 3 unspecified atom stereocenters. The van der Waals surface area contributed by atoms with E-state index in [2.05, 4.69) is 42.6 Å². The Labute approximate surface area is 118 Å². The Bertz CT molecular complexity index is 542. The monoisotopic (exact) mass is 275 g/mol. The Hall–Kier alpha value is -0.900. The lowest BCUT2D eigenvalue weighted by atomic mass is 9.83. The zero-order valence-electron chi connectivity index (χ0n) is 11.5. The average Bonchev–Trinajstić information content (AvgIpc) is 2.83. The van der Waals surface area contributed by atoms with Crippen LogP contribution in [0.15, 0.2) is 30.3 Å². The highest BCUT2D eigenvalue weighted by Crippen LogP contribution is 2.37. The van der Waals surface area contributed by atoms with Crippen LogP contribution in [0, 0.1) is 5.92 Å². The van der Waals surface area contributed by atoms with Gasteiger partial charge in [0.25, 0.3) is 0 Å². The molecule has 3 atom stereocenters. The third-order valence-corrected chi connectivity index (χ3v) is 5.61. The number of rotatable bonds is 2. The molecule has 2 heterocycles. The summed E-state index contributed by atoms with van der Waals surface area (Å²) in [7, 11) is 0. The first-order chi connectivity index (χ1) is 9.07. The molecular formula is C16H21NOS. The van der Waals surface area contributed by atoms with Crippen molar-refractivity contribution in [2.24, 2.45) is 5.92 Å². The fourth-order valence-electron chi connectivity index (χ4n) is 2.94. The molecule has 0 spiro atoms. The molecule has 1 aromatic heterocycles. The van der Waals surface area contributed by atoms with Gasteiger partial charge >= 0.3 is 0 Å². The average molecular weight is 275 g/mol. The van der Waals surface area contributed by atoms with Gasteiger partial charge in [0, 0.05) is 15.6 Å². The fourth-order valence-corrected chi connectivity index (χ4v) is 4.10. The van der Waals surface area contributed by atoms with Crippen molar-refractivity contribution < 1.29 is 5.11 Å². The molecule has 1 aromatic carbocycles. The van der Waals surface area contributed by atoms with Crippen LogP contribution in [0.25, 0.3) is 10.1 Å². The molecule has 19 heavy (non-hydrogen) atoms. The Balaban J connectivity index is 1.94. The number of fused-ring (bicyclic) bond motifs is 1. The molecule has 0 saturated carbocycles. The zero-order valence-corrected chi connectivity index (χ0v) is 12.3. The summed E-state index contributed by atoms with van der Waals surface area (Å²) in [6.07, 6.45) is 2.25. The van der Waals surface area contributed by atoms with Crippen molar-refractivity contribution in [1.29, 1.82) is 0 Å². The van der Waals surface area contributed by atoms with Crippen LogP contribution < -0.4 is 5.32 Å². The molecule has 1 aliphatic rings. The summed E-state index contributed by atoms with van der Waals surface area (Å²) >= 11 is 1.71. The number of hydrogen-bond donors (Lipinski definition) is 2. The van der Waals surface area contributed by atoms with Crippen LogP contribution in [-0.2, 0) is 5.60 Å². The molecular weight excluding hydrogens is 254 g/mol. The van der Waals surface area contributed by atoms with Crippen LogP contribution >= 0.6 is 11.3 Å². The summed E-state index contributed by atoms with van der Waals surface area (Å²) in [5.74, 6) is 0.687. The largest absolute Gasteiger partial charge is 0.383 e. The van der Waals surface area contributed by atoms with Crippen LogP contribution in [0.1, 0.15) is 31.6 Å². The predicted molar refractivity (Wildman–Crippen MR) is 81.6 cm³/mol. The molecule has 2 N–H and O–H groups in total. The SMILES string of the molecule is CC1CCNC(C(C)(O)c2cc3ccccc3s2)C1. The van der Waals surface area contributed by atoms with Gasteiger partial charge in [0.15, 0.2) is 0 Å². The van der Waals surface area contributed by atoms with E-state index in [-0.39, 0.29) is 6.04 Å². The summed E-state index contributed by atoms with van der Waals surface area (Å²) in [6.45, 7) is 5.23. The molecule has 2 aromatic rings. The molecule has 0 bridgehead atoms. The lowest BCUT2D eigenvalue weighted by Crippen LogP contribution is -2.50. The lowest BCUT2D eigenvalue weighted by Gasteiger charge is -2.38. The van der Waals surface area contributed by atoms with Gasteiger partial charge < -0.3 is 10.4 Å². The van der Waals surface area contributed by atoms with Crippen molar-refractivity contribution in [2.75, 3.05) is 6.54 Å². The van der Waals surface area contributed by atoms with E-state index in [1.807, 2.05) is 6.92 Å². The van der Waals surface area contributed by atoms with Gasteiger partial charge in [-0.1, -0.05) is 25.1 Å². The third kappa shape index (κ3) is 2.42. The van der Waals surface area contributed by atoms with E-state index in [9.17, 15) is 5.11 Å². The zero-order chi connectivity index (χ0) is 13.5. The first kappa shape index (κ1) is 13.1. The van der Waals surface area contributed by atoms with E-state index in [1.54, 1.807) is 11.3 Å². The highest BCUT2D eigenvalue weighted by Gasteiger charge is 2.37. The summed E-state index contributed by atoms with van der Waals surface area (Å²) in [5, 5.41) is 15.7. The van der Waals surface area contributed by atoms with Gasteiger partial charge in [0.2, 0.25) is 0 Å². The fraction of sp³-hybridized carbons (Fsp3) is 0.500. The number of hydrogen-bond acceptors (Lipinski definition) is 3. The second kappa shape index (κ2) is 4.89. The van der Waals surface area contributed by atoms with E-state index in [4.69, 9.17) is 0 Å². The minimum Gasteiger partial charge on any atom is -0.383 e. The molecule has 0 amide bonds. The summed E-state index contributed by atoms with van der Waals surface area (Å²) in [6, 6.07) is 10.6. The normalized spacial score (nSPS) is 27.3. The number of benzene rings is 1. The van der Waals surface area contributed by atoms with E-state index in [0.717, 1.165) is 17.8 Å². The third-order valence-electron chi connectivity index (χ3n) is 4.27. The second-order valence-electron chi connectivity index (χ2n) is 5.93. The molecule has 3 rings (SSSR count). The van der Waals surface area contributed by atoms with Crippen molar-refractivity contribution in [3.63, 3.8) is 0 Å². The van der Waals surface area contributed by atoms with Crippen LogP contribution in [0.4, 0.5) is 0 Å². The van der Waals surface area contributed by atoms with Crippen molar-refractivity contribution in [1.82, 2.24) is 5.32 Å². The Morgan fingerprint density at radius 1 is 1.37 bits per heavy atom. The number of thiophene rings is 1. The quantitative estimate of drug-likeness (QED) is 0.879. The van der Waals surface area contributed by atoms with E-state index in [1.165, 1.54) is 16.5 Å². The summed E-state index contributed by atoms with van der Waals surface area (Å²) in [5.41, 5.74) is -0.779. The maximum absolute atomic E-state index is 11.0. The van der Waals surface area contributed by atoms with Gasteiger partial charge in [-0.3, -0.25) is 0 Å². The molecule has 1 saturated heterocycles. The lowest BCUT2D eigenvalue weighted by molar-refractivity contribution is 0.00187. The molecule has 3 heteroatoms. The van der Waals surface area contributed by atoms with Crippen LogP contribution in [0.3, 0.4) is 0 Å². The minimum atomic E-state index is -0.779. The van der Waals surface area contributed by atoms with Gasteiger partial charge in [0.1, 0.15) is 5.60 Å². The van der Waals surface area contributed by atoms with Crippen molar-refractivity contribution >= 4 is 21.4 Å². The number of nitrogens with one attached hydrogen (secondary N) is 1. The molecule has 1 fully saturated rings. The van der Waals surface area contributed by atoms with Crippen molar-refractivity contribution in [2.45, 2.75) is 38.3 Å². The standard InChI is InChI=1S/C16H21NOS/c1-11-7-8-17-14(9-11)16(2,18)15-10-12-5-3-4-6-13(12)19-15/h3-6,10-11,14,17-18H,7-9H2,1-2H3. The van der Waals surface area contributed by atoms with Gasteiger partial charge in [0.05, 0.1) is 0 Å². The van der Waals surface area contributed by atoms with Crippen molar-refractivity contribution in [3.05, 3.63) is 35.2 Å². The Morgan fingerprint density at radius 2 is 2.16 bits per heavy atom. The highest BCUT2D eigenvalue weighted by molar-refractivity contribution is 7.19. The van der Waals surface area contributed by atoms with E-state index >= 15 is 0 Å². The molecule has 102 valence electrons. The molecule has 0 aliphatic carbocycles. The number of aliphatic hydroxyl groups is 1. The summed E-state index contributed by atoms with van der Waals surface area (Å²) in [4.78, 5) is 1.07. The van der Waals surface area contributed by atoms with Crippen LogP contribution in [-0.4, -0.2) is 17.7 Å².